The molecule has 0 saturated carbocycles. The van der Waals surface area contributed by atoms with Gasteiger partial charge < -0.3 is 5.11 Å². The van der Waals surface area contributed by atoms with E-state index in [1.807, 2.05) is 18.4 Å². The number of rotatable bonds is 2. The summed E-state index contributed by atoms with van der Waals surface area (Å²) < 4.78 is 0.944. The van der Waals surface area contributed by atoms with Crippen molar-refractivity contribution in [3.05, 3.63) is 27.3 Å². The number of halogens is 1. The number of aromatic nitrogens is 2. The van der Waals surface area contributed by atoms with Crippen LogP contribution in [0.4, 0.5) is 0 Å². The number of hydrogen-bond donors (Lipinski definition) is 2. The fraction of sp³-hybridized carbons (Fsp3) is 0.111. The lowest BCUT2D eigenvalue weighted by atomic mass is 10.1. The second-order valence-corrected chi connectivity index (χ2v) is 4.83. The van der Waals surface area contributed by atoms with E-state index >= 15 is 0 Å². The molecule has 78 valence electrons. The summed E-state index contributed by atoms with van der Waals surface area (Å²) in [5.74, 6) is -1.01. The van der Waals surface area contributed by atoms with Crippen LogP contribution in [0.5, 0.6) is 0 Å². The minimum Gasteiger partial charge on any atom is -0.476 e. The fourth-order valence-electron chi connectivity index (χ4n) is 1.33. The fourth-order valence-corrected chi connectivity index (χ4v) is 2.86. The Balaban J connectivity index is 2.60. The third-order valence-corrected chi connectivity index (χ3v) is 3.67. The highest BCUT2D eigenvalue weighted by atomic mass is 79.9. The number of aromatic carboxylic acids is 1. The molecule has 4 nitrogen and oxygen atoms in total. The van der Waals surface area contributed by atoms with Gasteiger partial charge in [-0.1, -0.05) is 0 Å². The van der Waals surface area contributed by atoms with Crippen molar-refractivity contribution in [1.82, 2.24) is 10.2 Å². The summed E-state index contributed by atoms with van der Waals surface area (Å²) >= 11 is 4.82. The van der Waals surface area contributed by atoms with Crippen LogP contribution in [0.1, 0.15) is 16.2 Å². The van der Waals surface area contributed by atoms with Gasteiger partial charge in [-0.3, -0.25) is 5.10 Å². The maximum Gasteiger partial charge on any atom is 0.357 e. The molecule has 0 spiro atoms. The summed E-state index contributed by atoms with van der Waals surface area (Å²) in [5, 5.41) is 17.3. The Hall–Kier alpha value is -1.14. The Kier molecular flexibility index (Phi) is 2.62. The maximum atomic E-state index is 10.9. The van der Waals surface area contributed by atoms with Gasteiger partial charge in [0.05, 0.1) is 0 Å². The molecule has 2 N–H and O–H groups in total. The average molecular weight is 287 g/mol. The van der Waals surface area contributed by atoms with Gasteiger partial charge in [-0.05, 0) is 28.9 Å². The summed E-state index contributed by atoms with van der Waals surface area (Å²) in [6, 6.07) is 1.88. The summed E-state index contributed by atoms with van der Waals surface area (Å²) in [7, 11) is 0. The van der Waals surface area contributed by atoms with Gasteiger partial charge in [-0.15, -0.1) is 11.3 Å². The standard InChI is InChI=1S/C9H7BrN2O2S/c1-4-7(6-2-5(10)3-15-6)8(9(13)14)12-11-4/h2-3H,1H3,(H,11,12)(H,13,14). The smallest absolute Gasteiger partial charge is 0.357 e. The van der Waals surface area contributed by atoms with E-state index in [1.165, 1.54) is 11.3 Å². The van der Waals surface area contributed by atoms with E-state index in [-0.39, 0.29) is 5.69 Å². The molecule has 0 atom stereocenters. The van der Waals surface area contributed by atoms with Crippen LogP contribution in [0.3, 0.4) is 0 Å². The third kappa shape index (κ3) is 1.82. The predicted octanol–water partition coefficient (Wildman–Crippen LogP) is 2.91. The molecule has 0 saturated heterocycles. The van der Waals surface area contributed by atoms with Crippen LogP contribution in [0, 0.1) is 6.92 Å². The highest BCUT2D eigenvalue weighted by Gasteiger charge is 2.19. The first-order chi connectivity index (χ1) is 7.09. The summed E-state index contributed by atoms with van der Waals surface area (Å²) in [5.41, 5.74) is 1.50. The van der Waals surface area contributed by atoms with Gasteiger partial charge in [0.1, 0.15) is 0 Å². The molecule has 0 aliphatic carbocycles. The van der Waals surface area contributed by atoms with Crippen LogP contribution in [0.15, 0.2) is 15.9 Å². The first-order valence-electron chi connectivity index (χ1n) is 4.12. The van der Waals surface area contributed by atoms with Crippen molar-refractivity contribution in [3.63, 3.8) is 0 Å². The molecule has 2 aromatic heterocycles. The van der Waals surface area contributed by atoms with Crippen molar-refractivity contribution >= 4 is 33.2 Å². The van der Waals surface area contributed by atoms with Crippen molar-refractivity contribution in [2.75, 3.05) is 0 Å². The van der Waals surface area contributed by atoms with E-state index < -0.39 is 5.97 Å². The first-order valence-corrected chi connectivity index (χ1v) is 5.79. The van der Waals surface area contributed by atoms with E-state index in [9.17, 15) is 4.79 Å². The van der Waals surface area contributed by atoms with Crippen molar-refractivity contribution in [2.24, 2.45) is 0 Å². The monoisotopic (exact) mass is 286 g/mol. The molecular weight excluding hydrogens is 280 g/mol. The third-order valence-electron chi connectivity index (χ3n) is 1.96. The number of nitrogens with zero attached hydrogens (tertiary/aromatic N) is 1. The Morgan fingerprint density at radius 2 is 2.40 bits per heavy atom. The van der Waals surface area contributed by atoms with E-state index in [0.29, 0.717) is 5.56 Å². The quantitative estimate of drug-likeness (QED) is 0.892. The summed E-state index contributed by atoms with van der Waals surface area (Å²) in [6.45, 7) is 1.81. The zero-order valence-electron chi connectivity index (χ0n) is 7.74. The van der Waals surface area contributed by atoms with Crippen LogP contribution in [-0.2, 0) is 0 Å². The molecule has 0 aromatic carbocycles. The molecule has 0 unspecified atom stereocenters. The van der Waals surface area contributed by atoms with Gasteiger partial charge in [-0.2, -0.15) is 5.10 Å². The summed E-state index contributed by atoms with van der Waals surface area (Å²) in [6.07, 6.45) is 0. The van der Waals surface area contributed by atoms with Crippen molar-refractivity contribution < 1.29 is 9.90 Å². The van der Waals surface area contributed by atoms with Gasteiger partial charge in [0, 0.05) is 26.0 Å². The van der Waals surface area contributed by atoms with Crippen molar-refractivity contribution in [2.45, 2.75) is 6.92 Å². The lowest BCUT2D eigenvalue weighted by molar-refractivity contribution is 0.0691. The Bertz CT molecular complexity index is 518. The molecule has 6 heteroatoms. The number of carboxylic acids is 1. The molecule has 0 aliphatic rings. The number of carboxylic acid groups (broad SMARTS) is 1. The molecule has 0 amide bonds. The number of nitrogens with one attached hydrogen (secondary N) is 1. The minimum atomic E-state index is -1.01. The average Bonchev–Trinajstić information content (AvgIpc) is 2.71. The largest absolute Gasteiger partial charge is 0.476 e. The van der Waals surface area contributed by atoms with E-state index in [4.69, 9.17) is 5.11 Å². The SMILES string of the molecule is Cc1[nH]nc(C(=O)O)c1-c1cc(Br)cs1. The lowest BCUT2D eigenvalue weighted by Gasteiger charge is -1.95. The Labute approximate surface area is 98.1 Å². The lowest BCUT2D eigenvalue weighted by Crippen LogP contribution is -1.98. The molecule has 0 aliphatic heterocycles. The molecule has 15 heavy (non-hydrogen) atoms. The van der Waals surface area contributed by atoms with Crippen LogP contribution < -0.4 is 0 Å². The van der Waals surface area contributed by atoms with Gasteiger partial charge in [0.15, 0.2) is 5.69 Å². The van der Waals surface area contributed by atoms with Gasteiger partial charge in [0.2, 0.25) is 0 Å². The van der Waals surface area contributed by atoms with Crippen LogP contribution in [0.25, 0.3) is 10.4 Å². The first kappa shape index (κ1) is 10.4. The second kappa shape index (κ2) is 3.79. The van der Waals surface area contributed by atoms with E-state index in [1.54, 1.807) is 0 Å². The predicted molar refractivity (Wildman–Crippen MR) is 61.3 cm³/mol. The number of thiophene rings is 1. The molecule has 0 fully saturated rings. The molecule has 2 aromatic rings. The number of H-pyrrole nitrogens is 1. The Morgan fingerprint density at radius 3 is 2.93 bits per heavy atom. The van der Waals surface area contributed by atoms with Crippen LogP contribution >= 0.6 is 27.3 Å². The van der Waals surface area contributed by atoms with Crippen LogP contribution in [0.2, 0.25) is 0 Å². The van der Waals surface area contributed by atoms with Crippen LogP contribution in [-0.4, -0.2) is 21.3 Å². The number of carbonyl (C=O) groups is 1. The Morgan fingerprint density at radius 1 is 1.67 bits per heavy atom. The van der Waals surface area contributed by atoms with E-state index in [0.717, 1.165) is 15.0 Å². The highest BCUT2D eigenvalue weighted by Crippen LogP contribution is 2.33. The highest BCUT2D eigenvalue weighted by molar-refractivity contribution is 9.10. The number of aryl methyl sites for hydroxylation is 1. The molecular formula is C9H7BrN2O2S. The molecule has 2 rings (SSSR count). The molecule has 0 radical (unpaired) electrons. The normalized spacial score (nSPS) is 10.5. The minimum absolute atomic E-state index is 0.0712. The molecule has 2 heterocycles. The van der Waals surface area contributed by atoms with Gasteiger partial charge >= 0.3 is 5.97 Å². The zero-order chi connectivity index (χ0) is 11.0. The topological polar surface area (TPSA) is 66.0 Å². The maximum absolute atomic E-state index is 10.9. The van der Waals surface area contributed by atoms with Crippen molar-refractivity contribution in [3.8, 4) is 10.4 Å². The van der Waals surface area contributed by atoms with E-state index in [2.05, 4.69) is 26.1 Å². The van der Waals surface area contributed by atoms with Gasteiger partial charge in [0.25, 0.3) is 0 Å². The number of hydrogen-bond acceptors (Lipinski definition) is 3. The number of aromatic amines is 1. The second-order valence-electron chi connectivity index (χ2n) is 3.01. The van der Waals surface area contributed by atoms with Gasteiger partial charge in [-0.25, -0.2) is 4.79 Å². The van der Waals surface area contributed by atoms with Crippen molar-refractivity contribution in [1.29, 1.82) is 0 Å². The summed E-state index contributed by atoms with van der Waals surface area (Å²) in [4.78, 5) is 11.8. The zero-order valence-corrected chi connectivity index (χ0v) is 10.1. The molecule has 0 bridgehead atoms.